The minimum Gasteiger partial charge on any atom is -0.466 e. The lowest BCUT2D eigenvalue weighted by Gasteiger charge is -2.37. The van der Waals surface area contributed by atoms with Gasteiger partial charge in [-0.2, -0.15) is 0 Å². The van der Waals surface area contributed by atoms with Crippen LogP contribution in [0.25, 0.3) is 0 Å². The Bertz CT molecular complexity index is 986. The van der Waals surface area contributed by atoms with Gasteiger partial charge in [0.15, 0.2) is 0 Å². The smallest absolute Gasteiger partial charge is 0.312 e. The highest BCUT2D eigenvalue weighted by Gasteiger charge is 2.78. The molecule has 0 aromatic heterocycles. The fourth-order valence-corrected chi connectivity index (χ4v) is 6.41. The van der Waals surface area contributed by atoms with Gasteiger partial charge in [-0.25, -0.2) is 0 Å². The number of rotatable bonds is 8. The van der Waals surface area contributed by atoms with Crippen LogP contribution in [0.2, 0.25) is 5.02 Å². The van der Waals surface area contributed by atoms with Gasteiger partial charge in [-0.15, -0.1) is 0 Å². The number of carbonyl (C=O) groups excluding carboxylic acids is 3. The van der Waals surface area contributed by atoms with Gasteiger partial charge in [0, 0.05) is 0 Å². The van der Waals surface area contributed by atoms with Crippen molar-refractivity contribution in [1.29, 1.82) is 0 Å². The molecule has 0 saturated carbocycles. The number of esters is 1. The van der Waals surface area contributed by atoms with Crippen LogP contribution in [0.15, 0.2) is 24.3 Å². The maximum Gasteiger partial charge on any atom is 0.312 e. The second-order valence-electron chi connectivity index (χ2n) is 10.2. The van der Waals surface area contributed by atoms with Crippen molar-refractivity contribution in [2.45, 2.75) is 70.2 Å². The van der Waals surface area contributed by atoms with Crippen molar-refractivity contribution in [2.24, 2.45) is 17.8 Å². The lowest BCUT2D eigenvalue weighted by Crippen LogP contribution is -2.56. The molecule has 8 nitrogen and oxygen atoms in total. The molecule has 3 saturated heterocycles. The molecule has 3 aliphatic rings. The Balaban J connectivity index is 1.79. The summed E-state index contributed by atoms with van der Waals surface area (Å²) in [6.07, 6.45) is 1.48. The van der Waals surface area contributed by atoms with Crippen molar-refractivity contribution in [3.63, 3.8) is 0 Å². The average molecular weight is 493 g/mol. The number of fused-ring (bicyclic) bond motifs is 1. The molecule has 2 amide bonds. The molecule has 3 aliphatic heterocycles. The van der Waals surface area contributed by atoms with Crippen LogP contribution >= 0.6 is 11.6 Å². The number of nitrogens with one attached hydrogen (secondary N) is 1. The summed E-state index contributed by atoms with van der Waals surface area (Å²) < 4.78 is 11.8. The summed E-state index contributed by atoms with van der Waals surface area (Å²) in [4.78, 5) is 42.3. The molecule has 2 N–H and O–H groups in total. The molecule has 9 heteroatoms. The molecule has 3 heterocycles. The Morgan fingerprint density at radius 1 is 1.32 bits per heavy atom. The number of anilines is 1. The third-order valence-corrected chi connectivity index (χ3v) is 7.81. The molecule has 0 aliphatic carbocycles. The minimum atomic E-state index is -1.18. The number of hydrogen-bond donors (Lipinski definition) is 2. The minimum absolute atomic E-state index is 0.172. The van der Waals surface area contributed by atoms with Crippen molar-refractivity contribution in [1.82, 2.24) is 4.90 Å². The highest BCUT2D eigenvalue weighted by atomic mass is 35.5. The molecular formula is C25H33ClN2O6. The van der Waals surface area contributed by atoms with Crippen molar-refractivity contribution < 1.29 is 29.0 Å². The van der Waals surface area contributed by atoms with E-state index in [1.54, 1.807) is 31.2 Å². The second kappa shape index (κ2) is 9.13. The molecule has 6 atom stereocenters. The zero-order valence-electron chi connectivity index (χ0n) is 20.0. The largest absolute Gasteiger partial charge is 0.466 e. The third kappa shape index (κ3) is 3.80. The summed E-state index contributed by atoms with van der Waals surface area (Å²) >= 11 is 6.28. The molecular weight excluding hydrogens is 460 g/mol. The van der Waals surface area contributed by atoms with Gasteiger partial charge in [0.05, 0.1) is 41.5 Å². The van der Waals surface area contributed by atoms with E-state index in [4.69, 9.17) is 21.1 Å². The van der Waals surface area contributed by atoms with Gasteiger partial charge in [-0.1, -0.05) is 37.6 Å². The number of ether oxygens (including phenoxy) is 2. The van der Waals surface area contributed by atoms with E-state index in [0.717, 1.165) is 0 Å². The van der Waals surface area contributed by atoms with Gasteiger partial charge < -0.3 is 24.8 Å². The Kier molecular flexibility index (Phi) is 6.70. The molecule has 34 heavy (non-hydrogen) atoms. The van der Waals surface area contributed by atoms with Crippen LogP contribution in [0.1, 0.15) is 47.0 Å². The molecule has 4 rings (SSSR count). The first-order valence-corrected chi connectivity index (χ1v) is 12.3. The molecule has 3 fully saturated rings. The number of halogens is 1. The van der Waals surface area contributed by atoms with Gasteiger partial charge in [0.25, 0.3) is 0 Å². The molecule has 2 bridgehead atoms. The highest BCUT2D eigenvalue weighted by Crippen LogP contribution is 2.63. The Hall–Kier alpha value is -2.16. The topological polar surface area (TPSA) is 105 Å². The van der Waals surface area contributed by atoms with Gasteiger partial charge >= 0.3 is 5.97 Å². The van der Waals surface area contributed by atoms with Crippen molar-refractivity contribution in [2.75, 3.05) is 18.5 Å². The summed E-state index contributed by atoms with van der Waals surface area (Å²) in [7, 11) is 0. The van der Waals surface area contributed by atoms with Crippen LogP contribution in [-0.4, -0.2) is 64.3 Å². The first-order chi connectivity index (χ1) is 16.1. The van der Waals surface area contributed by atoms with Crippen LogP contribution in [0.4, 0.5) is 5.69 Å². The van der Waals surface area contributed by atoms with Crippen molar-refractivity contribution in [3.8, 4) is 0 Å². The van der Waals surface area contributed by atoms with Crippen LogP contribution in [-0.2, 0) is 23.9 Å². The van der Waals surface area contributed by atoms with E-state index < -0.39 is 47.0 Å². The fraction of sp³-hybridized carbons (Fsp3) is 0.640. The first kappa shape index (κ1) is 24.9. The maximum absolute atomic E-state index is 14.0. The summed E-state index contributed by atoms with van der Waals surface area (Å²) in [5.41, 5.74) is -1.65. The summed E-state index contributed by atoms with van der Waals surface area (Å²) in [6.45, 7) is 7.41. The number of benzene rings is 1. The highest BCUT2D eigenvalue weighted by molar-refractivity contribution is 6.33. The summed E-state index contributed by atoms with van der Waals surface area (Å²) in [6, 6.07) is 5.26. The van der Waals surface area contributed by atoms with Crippen LogP contribution in [0.3, 0.4) is 0 Å². The monoisotopic (exact) mass is 492 g/mol. The number of para-hydroxylation sites is 1. The van der Waals surface area contributed by atoms with E-state index in [1.165, 1.54) is 4.90 Å². The Morgan fingerprint density at radius 3 is 2.65 bits per heavy atom. The second-order valence-corrected chi connectivity index (χ2v) is 10.6. The SMILES string of the molecule is CCOC(=O)[C@H]1[C@H]2C(=O)N([C@@H](CO)CC(C)C)C(C(=O)Nc3ccccc3Cl)C23CC[C@]1(C)O3. The number of hydrogen-bond acceptors (Lipinski definition) is 6. The lowest BCUT2D eigenvalue weighted by atomic mass is 9.66. The molecule has 1 aromatic rings. The number of aliphatic hydroxyl groups is 1. The summed E-state index contributed by atoms with van der Waals surface area (Å²) in [5, 5.41) is 13.5. The van der Waals surface area contributed by atoms with E-state index in [1.807, 2.05) is 20.8 Å². The predicted octanol–water partition coefficient (Wildman–Crippen LogP) is 3.01. The van der Waals surface area contributed by atoms with E-state index in [0.29, 0.717) is 30.0 Å². The van der Waals surface area contributed by atoms with Crippen molar-refractivity contribution in [3.05, 3.63) is 29.3 Å². The molecule has 1 aromatic carbocycles. The standard InChI is InChI=1S/C25H33ClN2O6/c1-5-33-23(32)19-18-22(31)28(15(13-29)12-14(2)3)20(25(18)11-10-24(19,4)34-25)21(30)27-17-9-7-6-8-16(17)26/h6-9,14-15,18-20,29H,5,10-13H2,1-4H3,(H,27,30)/t15-,18+,19-,20?,24+,25?/m1/s1. The van der Waals surface area contributed by atoms with Crippen LogP contribution in [0, 0.1) is 17.8 Å². The number of likely N-dealkylation sites (tertiary alicyclic amines) is 1. The van der Waals surface area contributed by atoms with Gasteiger partial charge in [-0.05, 0) is 51.2 Å². The number of amides is 2. The fourth-order valence-electron chi connectivity index (χ4n) is 6.23. The molecule has 1 spiro atoms. The Morgan fingerprint density at radius 2 is 2.03 bits per heavy atom. The van der Waals surface area contributed by atoms with Crippen LogP contribution in [0.5, 0.6) is 0 Å². The number of carbonyl (C=O) groups is 3. The summed E-state index contributed by atoms with van der Waals surface area (Å²) in [5.74, 6) is -2.77. The zero-order valence-corrected chi connectivity index (χ0v) is 20.8. The van der Waals surface area contributed by atoms with Crippen LogP contribution < -0.4 is 5.32 Å². The van der Waals surface area contributed by atoms with E-state index in [9.17, 15) is 19.5 Å². The Labute approximate surface area is 204 Å². The number of aliphatic hydroxyl groups excluding tert-OH is 1. The van der Waals surface area contributed by atoms with Gasteiger partial charge in [0.2, 0.25) is 11.8 Å². The molecule has 186 valence electrons. The van der Waals surface area contributed by atoms with Gasteiger partial charge in [0.1, 0.15) is 17.6 Å². The van der Waals surface area contributed by atoms with E-state index >= 15 is 0 Å². The van der Waals surface area contributed by atoms with Crippen molar-refractivity contribution >= 4 is 35.1 Å². The maximum atomic E-state index is 14.0. The number of nitrogens with zero attached hydrogens (tertiary/aromatic N) is 1. The molecule has 2 unspecified atom stereocenters. The quantitative estimate of drug-likeness (QED) is 0.540. The molecule has 0 radical (unpaired) electrons. The average Bonchev–Trinajstić information content (AvgIpc) is 3.34. The zero-order chi connectivity index (χ0) is 24.8. The third-order valence-electron chi connectivity index (χ3n) is 7.48. The van der Waals surface area contributed by atoms with Gasteiger partial charge in [-0.3, -0.25) is 14.4 Å². The predicted molar refractivity (Wildman–Crippen MR) is 126 cm³/mol. The lowest BCUT2D eigenvalue weighted by molar-refractivity contribution is -0.160. The normalized spacial score (nSPS) is 32.7. The first-order valence-electron chi connectivity index (χ1n) is 11.9. The van der Waals surface area contributed by atoms with E-state index in [-0.39, 0.29) is 25.0 Å². The van der Waals surface area contributed by atoms with E-state index in [2.05, 4.69) is 5.32 Å².